The van der Waals surface area contributed by atoms with Gasteiger partial charge in [-0.2, -0.15) is 13.2 Å². The van der Waals surface area contributed by atoms with Gasteiger partial charge in [-0.15, -0.1) is 0 Å². The van der Waals surface area contributed by atoms with Crippen LogP contribution < -0.4 is 0 Å². The molecule has 2 aliphatic rings. The van der Waals surface area contributed by atoms with Crippen molar-refractivity contribution in [1.29, 1.82) is 0 Å². The molecule has 0 aliphatic carbocycles. The van der Waals surface area contributed by atoms with Crippen LogP contribution in [0.4, 0.5) is 18.0 Å². The number of cyclic esters (lactones) is 1. The second-order valence-electron chi connectivity index (χ2n) is 8.45. The Hall–Kier alpha value is -3.21. The summed E-state index contributed by atoms with van der Waals surface area (Å²) in [5.74, 6) is -0.554. The Balaban J connectivity index is 1.44. The average molecular weight is 497 g/mol. The number of imidazole rings is 1. The van der Waals surface area contributed by atoms with Gasteiger partial charge in [0.2, 0.25) is 0 Å². The zero-order chi connectivity index (χ0) is 24.2. The van der Waals surface area contributed by atoms with E-state index in [-0.39, 0.29) is 34.6 Å². The van der Waals surface area contributed by atoms with E-state index in [4.69, 9.17) is 20.8 Å². The molecule has 0 radical (unpaired) electrons. The van der Waals surface area contributed by atoms with Crippen LogP contribution >= 0.6 is 11.6 Å². The topological polar surface area (TPSA) is 80.3 Å². The van der Waals surface area contributed by atoms with Gasteiger partial charge in [-0.25, -0.2) is 9.78 Å². The fraction of sp³-hybridized carbons (Fsp3) is 0.409. The van der Waals surface area contributed by atoms with Crippen molar-refractivity contribution in [2.24, 2.45) is 0 Å². The molecule has 0 unspecified atom stereocenters. The summed E-state index contributed by atoms with van der Waals surface area (Å²) < 4.78 is 52.6. The number of amides is 2. The molecule has 3 aromatic rings. The number of piperidine rings is 1. The third-order valence-corrected chi connectivity index (χ3v) is 6.66. The Morgan fingerprint density at radius 2 is 1.97 bits per heavy atom. The summed E-state index contributed by atoms with van der Waals surface area (Å²) >= 11 is 6.39. The Kier molecular flexibility index (Phi) is 5.46. The smallest absolute Gasteiger partial charge is 0.420 e. The molecule has 5 heterocycles. The predicted octanol–water partition coefficient (Wildman–Crippen LogP) is 4.71. The highest BCUT2D eigenvalue weighted by Gasteiger charge is 2.39. The van der Waals surface area contributed by atoms with E-state index in [2.05, 4.69) is 4.98 Å². The molecule has 0 saturated carbocycles. The molecule has 2 amide bonds. The van der Waals surface area contributed by atoms with Gasteiger partial charge >= 0.3 is 12.3 Å². The SMILES string of the molecule is C[C@@H]1COC(=O)N1C1CCN(C(=O)c2nc3c(C(F)(F)F)cc(-c4ccoc4)cn3c2Cl)CC1. The first-order valence-corrected chi connectivity index (χ1v) is 11.1. The van der Waals surface area contributed by atoms with E-state index in [1.807, 2.05) is 6.92 Å². The molecule has 12 heteroatoms. The van der Waals surface area contributed by atoms with Crippen molar-refractivity contribution in [3.8, 4) is 11.1 Å². The lowest BCUT2D eigenvalue weighted by molar-refractivity contribution is -0.136. The summed E-state index contributed by atoms with van der Waals surface area (Å²) in [6.07, 6.45) is 0.0315. The summed E-state index contributed by atoms with van der Waals surface area (Å²) in [4.78, 5) is 32.4. The third kappa shape index (κ3) is 3.77. The van der Waals surface area contributed by atoms with Gasteiger partial charge in [-0.1, -0.05) is 11.6 Å². The molecule has 180 valence electrons. The molecule has 8 nitrogen and oxygen atoms in total. The van der Waals surface area contributed by atoms with E-state index < -0.39 is 23.3 Å². The predicted molar refractivity (Wildman–Crippen MR) is 114 cm³/mol. The highest BCUT2D eigenvalue weighted by molar-refractivity contribution is 6.33. The summed E-state index contributed by atoms with van der Waals surface area (Å²) in [7, 11) is 0. The fourth-order valence-electron chi connectivity index (χ4n) is 4.58. The standard InChI is InChI=1S/C22H20ClF3N4O4/c1-12-10-34-21(32)30(12)15-2-5-28(6-3-15)20(31)17-18(23)29-9-14(13-4-7-33-11-13)8-16(19(29)27-17)22(24,25)26/h4,7-9,11-12,15H,2-3,5-6,10H2,1H3/t12-/m1/s1. The van der Waals surface area contributed by atoms with E-state index in [1.54, 1.807) is 4.90 Å². The second-order valence-corrected chi connectivity index (χ2v) is 8.81. The number of rotatable bonds is 3. The highest BCUT2D eigenvalue weighted by atomic mass is 35.5. The Bertz CT molecular complexity index is 1250. The Morgan fingerprint density at radius 3 is 2.56 bits per heavy atom. The number of alkyl halides is 3. The van der Waals surface area contributed by atoms with Gasteiger partial charge < -0.3 is 14.1 Å². The zero-order valence-corrected chi connectivity index (χ0v) is 18.8. The second kappa shape index (κ2) is 8.23. The van der Waals surface area contributed by atoms with Crippen molar-refractivity contribution in [2.45, 2.75) is 38.0 Å². The normalized spacial score (nSPS) is 19.8. The van der Waals surface area contributed by atoms with Crippen LogP contribution in [0.5, 0.6) is 0 Å². The minimum atomic E-state index is -4.71. The van der Waals surface area contributed by atoms with Gasteiger partial charge in [0.1, 0.15) is 11.8 Å². The highest BCUT2D eigenvalue weighted by Crippen LogP contribution is 2.37. The Morgan fingerprint density at radius 1 is 1.24 bits per heavy atom. The molecule has 34 heavy (non-hydrogen) atoms. The molecule has 0 spiro atoms. The molecule has 0 aromatic carbocycles. The van der Waals surface area contributed by atoms with Gasteiger partial charge in [0.25, 0.3) is 5.91 Å². The minimum absolute atomic E-state index is 0.0437. The number of carbonyl (C=O) groups is 2. The summed E-state index contributed by atoms with van der Waals surface area (Å²) in [5.41, 5.74) is -1.05. The van der Waals surface area contributed by atoms with Gasteiger partial charge in [0.05, 0.1) is 24.1 Å². The number of likely N-dealkylation sites (tertiary alicyclic amines) is 1. The number of pyridine rings is 1. The van der Waals surface area contributed by atoms with Gasteiger partial charge in [0, 0.05) is 36.5 Å². The van der Waals surface area contributed by atoms with Crippen LogP contribution in [0.2, 0.25) is 5.15 Å². The largest absolute Gasteiger partial charge is 0.472 e. The summed E-state index contributed by atoms with van der Waals surface area (Å²) in [6.45, 7) is 2.86. The van der Waals surface area contributed by atoms with Crippen molar-refractivity contribution in [3.63, 3.8) is 0 Å². The number of nitrogens with zero attached hydrogens (tertiary/aromatic N) is 4. The number of hydrogen-bond acceptors (Lipinski definition) is 5. The first-order chi connectivity index (χ1) is 16.1. The van der Waals surface area contributed by atoms with Gasteiger partial charge in [0.15, 0.2) is 11.3 Å². The molecule has 0 N–H and O–H groups in total. The van der Waals surface area contributed by atoms with E-state index in [0.29, 0.717) is 38.1 Å². The molecule has 3 aromatic heterocycles. The van der Waals surface area contributed by atoms with Gasteiger partial charge in [-0.3, -0.25) is 14.1 Å². The first kappa shape index (κ1) is 22.6. The van der Waals surface area contributed by atoms with Crippen molar-refractivity contribution in [3.05, 3.63) is 47.3 Å². The van der Waals surface area contributed by atoms with Crippen LogP contribution in [-0.4, -0.2) is 63.0 Å². The molecule has 2 saturated heterocycles. The quantitative estimate of drug-likeness (QED) is 0.524. The van der Waals surface area contributed by atoms with E-state index in [1.165, 1.54) is 29.7 Å². The van der Waals surface area contributed by atoms with E-state index in [0.717, 1.165) is 10.5 Å². The first-order valence-electron chi connectivity index (χ1n) is 10.7. The number of halogens is 4. The summed E-state index contributed by atoms with van der Waals surface area (Å²) in [6, 6.07) is 2.37. The van der Waals surface area contributed by atoms with Crippen molar-refractivity contribution in [1.82, 2.24) is 19.2 Å². The van der Waals surface area contributed by atoms with Gasteiger partial charge in [-0.05, 0) is 31.9 Å². The molecule has 2 aliphatic heterocycles. The minimum Gasteiger partial charge on any atom is -0.472 e. The monoisotopic (exact) mass is 496 g/mol. The summed E-state index contributed by atoms with van der Waals surface area (Å²) in [5, 5.41) is -0.199. The molecule has 5 rings (SSSR count). The number of furan rings is 1. The van der Waals surface area contributed by atoms with Crippen LogP contribution in [0.1, 0.15) is 35.8 Å². The number of ether oxygens (including phenoxy) is 1. The number of aromatic nitrogens is 2. The maximum Gasteiger partial charge on any atom is 0.420 e. The van der Waals surface area contributed by atoms with Crippen LogP contribution in [0, 0.1) is 0 Å². The van der Waals surface area contributed by atoms with Crippen LogP contribution in [0.3, 0.4) is 0 Å². The van der Waals surface area contributed by atoms with Crippen LogP contribution in [-0.2, 0) is 10.9 Å². The lowest BCUT2D eigenvalue weighted by Gasteiger charge is -2.36. The van der Waals surface area contributed by atoms with Crippen LogP contribution in [0.25, 0.3) is 16.8 Å². The lowest BCUT2D eigenvalue weighted by atomic mass is 10.0. The molecular formula is C22H20ClF3N4O4. The van der Waals surface area contributed by atoms with Crippen LogP contribution in [0.15, 0.2) is 35.3 Å². The fourth-order valence-corrected chi connectivity index (χ4v) is 4.83. The van der Waals surface area contributed by atoms with E-state index >= 15 is 0 Å². The van der Waals surface area contributed by atoms with Crippen molar-refractivity contribution in [2.75, 3.05) is 19.7 Å². The molecule has 0 bridgehead atoms. The number of hydrogen-bond donors (Lipinski definition) is 0. The molecule has 1 atom stereocenters. The van der Waals surface area contributed by atoms with Crippen molar-refractivity contribution >= 4 is 29.2 Å². The number of fused-ring (bicyclic) bond motifs is 1. The molecular weight excluding hydrogens is 477 g/mol. The third-order valence-electron chi connectivity index (χ3n) is 6.30. The lowest BCUT2D eigenvalue weighted by Crippen LogP contribution is -2.49. The van der Waals surface area contributed by atoms with Crippen molar-refractivity contribution < 1.29 is 31.9 Å². The zero-order valence-electron chi connectivity index (χ0n) is 18.0. The average Bonchev–Trinajstić information content (AvgIpc) is 3.52. The maximum atomic E-state index is 13.8. The Labute approximate surface area is 196 Å². The number of carbonyl (C=O) groups excluding carboxylic acids is 2. The van der Waals surface area contributed by atoms with E-state index in [9.17, 15) is 22.8 Å². The maximum absolute atomic E-state index is 13.8. The molecule has 2 fully saturated rings.